The summed E-state index contributed by atoms with van der Waals surface area (Å²) in [6.07, 6.45) is 13.0. The molecule has 0 heterocycles. The summed E-state index contributed by atoms with van der Waals surface area (Å²) in [6.45, 7) is 5.01. The van der Waals surface area contributed by atoms with Crippen LogP contribution in [0.15, 0.2) is 29.2 Å². The van der Waals surface area contributed by atoms with Crippen LogP contribution in [0.2, 0.25) is 0 Å². The van der Waals surface area contributed by atoms with E-state index in [0.717, 1.165) is 12.0 Å². The first kappa shape index (κ1) is 24.7. The van der Waals surface area contributed by atoms with Crippen LogP contribution in [0.5, 0.6) is 0 Å². The van der Waals surface area contributed by atoms with Gasteiger partial charge < -0.3 is 4.74 Å². The van der Waals surface area contributed by atoms with Crippen molar-refractivity contribution in [2.24, 2.45) is 0 Å². The van der Waals surface area contributed by atoms with Gasteiger partial charge in [-0.05, 0) is 25.5 Å². The average molecular weight is 409 g/mol. The maximum atomic E-state index is 12.0. The highest BCUT2D eigenvalue weighted by Gasteiger charge is 2.13. The molecule has 0 aliphatic rings. The van der Waals surface area contributed by atoms with E-state index in [1.807, 2.05) is 6.92 Å². The van der Waals surface area contributed by atoms with Crippen molar-refractivity contribution in [1.29, 1.82) is 0 Å². The van der Waals surface area contributed by atoms with Crippen LogP contribution >= 0.6 is 0 Å². The second-order valence-electron chi connectivity index (χ2n) is 7.12. The molecule has 0 fully saturated rings. The van der Waals surface area contributed by atoms with Gasteiger partial charge in [0.2, 0.25) is 0 Å². The van der Waals surface area contributed by atoms with Gasteiger partial charge in [-0.15, -0.1) is 0 Å². The first-order valence-electron chi connectivity index (χ1n) is 10.6. The van der Waals surface area contributed by atoms with Crippen molar-refractivity contribution in [3.8, 4) is 11.8 Å². The fourth-order valence-corrected chi connectivity index (χ4v) is 3.62. The highest BCUT2D eigenvalue weighted by atomic mass is 32.2. The molecule has 4 nitrogen and oxygen atoms in total. The Morgan fingerprint density at radius 3 is 1.93 bits per heavy atom. The Balaban J connectivity index is 1.97. The Labute approximate surface area is 172 Å². The van der Waals surface area contributed by atoms with Gasteiger partial charge in [0, 0.05) is 6.61 Å². The fraction of sp³-hybridized carbons (Fsp3) is 0.652. The molecule has 0 aliphatic heterocycles. The van der Waals surface area contributed by atoms with Gasteiger partial charge >= 0.3 is 0 Å². The summed E-state index contributed by atoms with van der Waals surface area (Å²) < 4.78 is 34.3. The van der Waals surface area contributed by atoms with E-state index in [1.54, 1.807) is 12.1 Å². The van der Waals surface area contributed by atoms with Gasteiger partial charge in [0.1, 0.15) is 13.2 Å². The van der Waals surface area contributed by atoms with E-state index in [0.29, 0.717) is 13.2 Å². The minimum atomic E-state index is -3.74. The summed E-state index contributed by atoms with van der Waals surface area (Å²) in [4.78, 5) is 0.150. The van der Waals surface area contributed by atoms with Crippen molar-refractivity contribution in [1.82, 2.24) is 0 Å². The summed E-state index contributed by atoms with van der Waals surface area (Å²) in [5.41, 5.74) is 0.998. The minimum Gasteiger partial charge on any atom is -0.369 e. The molecule has 1 aromatic rings. The van der Waals surface area contributed by atoms with Crippen LogP contribution in [0.3, 0.4) is 0 Å². The fourth-order valence-electron chi connectivity index (χ4n) is 2.80. The highest BCUT2D eigenvalue weighted by molar-refractivity contribution is 7.86. The zero-order chi connectivity index (χ0) is 20.5. The summed E-state index contributed by atoms with van der Waals surface area (Å²) in [5.74, 6) is 5.48. The lowest BCUT2D eigenvalue weighted by molar-refractivity contribution is 0.161. The Kier molecular flexibility index (Phi) is 13.7. The molecule has 0 unspecified atom stereocenters. The van der Waals surface area contributed by atoms with E-state index in [-0.39, 0.29) is 11.5 Å². The maximum Gasteiger partial charge on any atom is 0.297 e. The smallest absolute Gasteiger partial charge is 0.297 e. The third-order valence-electron chi connectivity index (χ3n) is 4.54. The highest BCUT2D eigenvalue weighted by Crippen LogP contribution is 2.13. The first-order valence-corrected chi connectivity index (χ1v) is 12.0. The number of rotatable bonds is 15. The minimum absolute atomic E-state index is 0.150. The molecule has 0 bridgehead atoms. The lowest BCUT2D eigenvalue weighted by Gasteiger charge is -2.03. The van der Waals surface area contributed by atoms with E-state index < -0.39 is 10.1 Å². The molecule has 5 heteroatoms. The van der Waals surface area contributed by atoms with Gasteiger partial charge in [-0.25, -0.2) is 0 Å². The second-order valence-corrected chi connectivity index (χ2v) is 8.73. The van der Waals surface area contributed by atoms with Crippen molar-refractivity contribution in [3.63, 3.8) is 0 Å². The molecule has 28 heavy (non-hydrogen) atoms. The predicted molar refractivity (Wildman–Crippen MR) is 115 cm³/mol. The van der Waals surface area contributed by atoms with Crippen LogP contribution in [0.1, 0.15) is 76.7 Å². The SMILES string of the molecule is CCCCCCCCCCCCOCC#CCOS(=O)(=O)c1ccc(C)cc1. The van der Waals surface area contributed by atoms with Crippen molar-refractivity contribution in [2.45, 2.75) is 83.0 Å². The number of ether oxygens (including phenoxy) is 1. The number of unbranched alkanes of at least 4 members (excludes halogenated alkanes) is 9. The zero-order valence-electron chi connectivity index (χ0n) is 17.5. The van der Waals surface area contributed by atoms with Crippen LogP contribution in [-0.4, -0.2) is 28.2 Å². The van der Waals surface area contributed by atoms with Crippen molar-refractivity contribution in [2.75, 3.05) is 19.8 Å². The van der Waals surface area contributed by atoms with E-state index in [4.69, 9.17) is 8.92 Å². The molecule has 158 valence electrons. The van der Waals surface area contributed by atoms with Gasteiger partial charge in [0.15, 0.2) is 0 Å². The topological polar surface area (TPSA) is 52.6 Å². The van der Waals surface area contributed by atoms with Crippen LogP contribution in [0.4, 0.5) is 0 Å². The number of hydrogen-bond donors (Lipinski definition) is 0. The molecule has 0 saturated heterocycles. The van der Waals surface area contributed by atoms with Crippen LogP contribution < -0.4 is 0 Å². The number of benzene rings is 1. The van der Waals surface area contributed by atoms with Crippen molar-refractivity contribution < 1.29 is 17.3 Å². The molecule has 1 aromatic carbocycles. The maximum absolute atomic E-state index is 12.0. The molecular formula is C23H36O4S. The normalized spacial score (nSPS) is 11.2. The van der Waals surface area contributed by atoms with Gasteiger partial charge in [-0.2, -0.15) is 8.42 Å². The molecule has 0 N–H and O–H groups in total. The Morgan fingerprint density at radius 2 is 1.32 bits per heavy atom. The third-order valence-corrected chi connectivity index (χ3v) is 5.82. The van der Waals surface area contributed by atoms with E-state index >= 15 is 0 Å². The lowest BCUT2D eigenvalue weighted by Crippen LogP contribution is -2.06. The molecule has 0 amide bonds. The standard InChI is InChI=1S/C23H36O4S/c1-3-4-5-6-7-8-9-10-11-12-19-26-20-13-14-21-27-28(24,25)23-17-15-22(2)16-18-23/h15-18H,3-12,19-21H2,1-2H3. The van der Waals surface area contributed by atoms with Crippen LogP contribution in [-0.2, 0) is 19.0 Å². The van der Waals surface area contributed by atoms with Crippen LogP contribution in [0.25, 0.3) is 0 Å². The molecule has 0 atom stereocenters. The molecular weight excluding hydrogens is 372 g/mol. The molecule has 0 saturated carbocycles. The van der Waals surface area contributed by atoms with Gasteiger partial charge in [-0.3, -0.25) is 4.18 Å². The lowest BCUT2D eigenvalue weighted by atomic mass is 10.1. The molecule has 0 spiro atoms. The van der Waals surface area contributed by atoms with Gasteiger partial charge in [0.25, 0.3) is 10.1 Å². The van der Waals surface area contributed by atoms with Crippen molar-refractivity contribution in [3.05, 3.63) is 29.8 Å². The Bertz CT molecular complexity index is 669. The molecule has 0 radical (unpaired) electrons. The van der Waals surface area contributed by atoms with Gasteiger partial charge in [0.05, 0.1) is 4.90 Å². The summed E-state index contributed by atoms with van der Waals surface area (Å²) in [5, 5.41) is 0. The average Bonchev–Trinajstić information content (AvgIpc) is 2.68. The Morgan fingerprint density at radius 1 is 0.786 bits per heavy atom. The summed E-state index contributed by atoms with van der Waals surface area (Å²) in [7, 11) is -3.74. The largest absolute Gasteiger partial charge is 0.369 e. The molecule has 1 rings (SSSR count). The van der Waals surface area contributed by atoms with E-state index in [1.165, 1.54) is 69.9 Å². The quantitative estimate of drug-likeness (QED) is 0.214. The van der Waals surface area contributed by atoms with E-state index in [9.17, 15) is 8.42 Å². The predicted octanol–water partition coefficient (Wildman–Crippen LogP) is 5.64. The number of hydrogen-bond acceptors (Lipinski definition) is 4. The van der Waals surface area contributed by atoms with Gasteiger partial charge in [-0.1, -0.05) is 94.2 Å². The van der Waals surface area contributed by atoms with Crippen LogP contribution in [0, 0.1) is 18.8 Å². The summed E-state index contributed by atoms with van der Waals surface area (Å²) >= 11 is 0. The number of aryl methyl sites for hydroxylation is 1. The monoisotopic (exact) mass is 408 g/mol. The first-order chi connectivity index (χ1) is 13.6. The Hall–Kier alpha value is -1.35. The van der Waals surface area contributed by atoms with Crippen molar-refractivity contribution >= 4 is 10.1 Å². The molecule has 0 aliphatic carbocycles. The molecule has 0 aromatic heterocycles. The third kappa shape index (κ3) is 12.2. The summed E-state index contributed by atoms with van der Waals surface area (Å²) in [6, 6.07) is 6.55. The zero-order valence-corrected chi connectivity index (χ0v) is 18.4. The van der Waals surface area contributed by atoms with E-state index in [2.05, 4.69) is 18.8 Å². The second kappa shape index (κ2) is 15.6.